The Hall–Kier alpha value is -1.65. The van der Waals surface area contributed by atoms with Crippen molar-refractivity contribution in [2.45, 2.75) is 10.6 Å². The number of carbonyl (C=O) groups is 1. The molecule has 2 aromatic rings. The summed E-state index contributed by atoms with van der Waals surface area (Å²) >= 11 is 7.66. The molecule has 0 radical (unpaired) electrons. The molecule has 0 saturated carbocycles. The third-order valence-corrected chi connectivity index (χ3v) is 3.94. The van der Waals surface area contributed by atoms with E-state index in [4.69, 9.17) is 17.3 Å². The first-order chi connectivity index (χ1) is 9.06. The fourth-order valence-corrected chi connectivity index (χ4v) is 2.83. The van der Waals surface area contributed by atoms with Crippen molar-refractivity contribution in [2.24, 2.45) is 5.73 Å². The van der Waals surface area contributed by atoms with Gasteiger partial charge in [-0.1, -0.05) is 23.7 Å². The number of phenolic OH excluding ortho intramolecular Hbond substituents is 1. The minimum absolute atomic E-state index is 0.236. The molecule has 98 valence electrons. The summed E-state index contributed by atoms with van der Waals surface area (Å²) < 4.78 is 0. The lowest BCUT2D eigenvalue weighted by Gasteiger charge is -2.06. The molecule has 0 aromatic heterocycles. The zero-order valence-electron chi connectivity index (χ0n) is 9.97. The van der Waals surface area contributed by atoms with Gasteiger partial charge in [-0.3, -0.25) is 4.79 Å². The lowest BCUT2D eigenvalue weighted by Crippen LogP contribution is -2.10. The van der Waals surface area contributed by atoms with Gasteiger partial charge in [0.1, 0.15) is 5.75 Å². The molecule has 5 heteroatoms. The first-order valence-electron chi connectivity index (χ1n) is 5.56. The van der Waals surface area contributed by atoms with Gasteiger partial charge in [-0.05, 0) is 35.9 Å². The average Bonchev–Trinajstić information content (AvgIpc) is 2.37. The maximum atomic E-state index is 11.0. The van der Waals surface area contributed by atoms with E-state index >= 15 is 0 Å². The fourth-order valence-electron chi connectivity index (χ4n) is 1.55. The molecule has 0 heterocycles. The Morgan fingerprint density at radius 3 is 2.68 bits per heavy atom. The number of rotatable bonds is 4. The van der Waals surface area contributed by atoms with Crippen LogP contribution in [0.5, 0.6) is 5.75 Å². The molecule has 3 N–H and O–H groups in total. The Balaban J connectivity index is 2.10. The molecule has 0 unspecified atom stereocenters. The number of thioether (sulfide) groups is 1. The zero-order valence-corrected chi connectivity index (χ0v) is 11.5. The Morgan fingerprint density at radius 1 is 1.26 bits per heavy atom. The van der Waals surface area contributed by atoms with Gasteiger partial charge in [-0.2, -0.15) is 0 Å². The van der Waals surface area contributed by atoms with Crippen LogP contribution in [0.2, 0.25) is 5.02 Å². The van der Waals surface area contributed by atoms with E-state index in [1.807, 2.05) is 6.07 Å². The van der Waals surface area contributed by atoms with Crippen LogP contribution in [0.3, 0.4) is 0 Å². The number of primary amides is 1. The second kappa shape index (κ2) is 5.99. The van der Waals surface area contributed by atoms with Crippen LogP contribution in [0, 0.1) is 0 Å². The van der Waals surface area contributed by atoms with E-state index in [0.29, 0.717) is 16.3 Å². The predicted octanol–water partition coefficient (Wildman–Crippen LogP) is 3.44. The Kier molecular flexibility index (Phi) is 4.35. The van der Waals surface area contributed by atoms with Crippen LogP contribution in [0.1, 0.15) is 15.9 Å². The quantitative estimate of drug-likeness (QED) is 0.849. The van der Waals surface area contributed by atoms with Gasteiger partial charge in [-0.25, -0.2) is 0 Å². The third kappa shape index (κ3) is 3.66. The number of aromatic hydroxyl groups is 1. The van der Waals surface area contributed by atoms with Gasteiger partial charge < -0.3 is 10.8 Å². The van der Waals surface area contributed by atoms with Crippen LogP contribution >= 0.6 is 23.4 Å². The summed E-state index contributed by atoms with van der Waals surface area (Å²) in [4.78, 5) is 12.0. The lowest BCUT2D eigenvalue weighted by molar-refractivity contribution is 0.100. The molecule has 19 heavy (non-hydrogen) atoms. The van der Waals surface area contributed by atoms with Crippen molar-refractivity contribution in [1.29, 1.82) is 0 Å². The number of nitrogens with two attached hydrogens (primary N) is 1. The molecule has 0 spiro atoms. The molecular formula is C14H12ClNO2S. The molecule has 0 atom stereocenters. The number of amides is 1. The van der Waals surface area contributed by atoms with Gasteiger partial charge in [0, 0.05) is 21.2 Å². The maximum Gasteiger partial charge on any atom is 0.248 e. The average molecular weight is 294 g/mol. The highest BCUT2D eigenvalue weighted by molar-refractivity contribution is 7.98. The molecule has 3 nitrogen and oxygen atoms in total. The van der Waals surface area contributed by atoms with E-state index in [-0.39, 0.29) is 5.75 Å². The molecule has 0 bridgehead atoms. The normalized spacial score (nSPS) is 10.4. The van der Waals surface area contributed by atoms with Crippen molar-refractivity contribution < 1.29 is 9.90 Å². The zero-order chi connectivity index (χ0) is 13.8. The maximum absolute atomic E-state index is 11.0. The van der Waals surface area contributed by atoms with Crippen molar-refractivity contribution in [3.8, 4) is 5.75 Å². The number of benzene rings is 2. The van der Waals surface area contributed by atoms with Crippen LogP contribution in [0.4, 0.5) is 0 Å². The van der Waals surface area contributed by atoms with E-state index in [1.54, 1.807) is 48.2 Å². The predicted molar refractivity (Wildman–Crippen MR) is 77.6 cm³/mol. The second-order valence-corrected chi connectivity index (χ2v) is 5.41. The summed E-state index contributed by atoms with van der Waals surface area (Å²) in [6.07, 6.45) is 0. The first-order valence-corrected chi connectivity index (χ1v) is 6.92. The number of hydrogen-bond acceptors (Lipinski definition) is 3. The van der Waals surface area contributed by atoms with Crippen molar-refractivity contribution >= 4 is 29.3 Å². The van der Waals surface area contributed by atoms with Gasteiger partial charge in [0.2, 0.25) is 5.91 Å². The van der Waals surface area contributed by atoms with E-state index < -0.39 is 5.91 Å². The van der Waals surface area contributed by atoms with E-state index in [0.717, 1.165) is 10.5 Å². The monoisotopic (exact) mass is 293 g/mol. The minimum atomic E-state index is -0.492. The van der Waals surface area contributed by atoms with E-state index in [9.17, 15) is 9.90 Å². The van der Waals surface area contributed by atoms with Crippen molar-refractivity contribution in [3.63, 3.8) is 0 Å². The number of halogens is 1. The Labute approximate surface area is 120 Å². The Bertz CT molecular complexity index is 616. The largest absolute Gasteiger partial charge is 0.508 e. The smallest absolute Gasteiger partial charge is 0.248 e. The fraction of sp³-hybridized carbons (Fsp3) is 0.0714. The van der Waals surface area contributed by atoms with Gasteiger partial charge in [-0.15, -0.1) is 11.8 Å². The summed E-state index contributed by atoms with van der Waals surface area (Å²) in [5, 5.41) is 9.89. The molecule has 0 aliphatic heterocycles. The van der Waals surface area contributed by atoms with E-state index in [2.05, 4.69) is 0 Å². The molecule has 1 amide bonds. The standard InChI is InChI=1S/C14H12ClNO2S/c15-13-6-9(14(16)18)4-5-10(13)8-19-12-3-1-2-11(17)7-12/h1-7,17H,8H2,(H2,16,18). The Morgan fingerprint density at radius 2 is 2.05 bits per heavy atom. The summed E-state index contributed by atoms with van der Waals surface area (Å²) in [6, 6.07) is 12.0. The van der Waals surface area contributed by atoms with Gasteiger partial charge >= 0.3 is 0 Å². The molecule has 0 aliphatic carbocycles. The van der Waals surface area contributed by atoms with Crippen molar-refractivity contribution in [2.75, 3.05) is 0 Å². The molecule has 2 aromatic carbocycles. The highest BCUT2D eigenvalue weighted by Crippen LogP contribution is 2.28. The molecule has 2 rings (SSSR count). The van der Waals surface area contributed by atoms with Crippen LogP contribution < -0.4 is 5.73 Å². The molecule has 0 saturated heterocycles. The van der Waals surface area contributed by atoms with Crippen LogP contribution in [-0.4, -0.2) is 11.0 Å². The summed E-state index contributed by atoms with van der Waals surface area (Å²) in [7, 11) is 0. The highest BCUT2D eigenvalue weighted by Gasteiger charge is 2.06. The number of carbonyl (C=O) groups excluding carboxylic acids is 1. The minimum Gasteiger partial charge on any atom is -0.508 e. The van der Waals surface area contributed by atoms with Crippen LogP contribution in [-0.2, 0) is 5.75 Å². The lowest BCUT2D eigenvalue weighted by atomic mass is 10.1. The molecule has 0 fully saturated rings. The third-order valence-electron chi connectivity index (χ3n) is 2.55. The molecular weight excluding hydrogens is 282 g/mol. The summed E-state index contributed by atoms with van der Waals surface area (Å²) in [5.41, 5.74) is 6.50. The summed E-state index contributed by atoms with van der Waals surface area (Å²) in [6.45, 7) is 0. The van der Waals surface area contributed by atoms with Crippen LogP contribution in [0.25, 0.3) is 0 Å². The van der Waals surface area contributed by atoms with Gasteiger partial charge in [0.05, 0.1) is 0 Å². The SMILES string of the molecule is NC(=O)c1ccc(CSc2cccc(O)c2)c(Cl)c1. The van der Waals surface area contributed by atoms with Gasteiger partial charge in [0.25, 0.3) is 0 Å². The highest BCUT2D eigenvalue weighted by atomic mass is 35.5. The van der Waals surface area contributed by atoms with Crippen molar-refractivity contribution in [3.05, 3.63) is 58.6 Å². The van der Waals surface area contributed by atoms with Crippen LogP contribution in [0.15, 0.2) is 47.4 Å². The number of phenols is 1. The van der Waals surface area contributed by atoms with Gasteiger partial charge in [0.15, 0.2) is 0 Å². The summed E-state index contributed by atoms with van der Waals surface area (Å²) in [5.74, 6) is 0.399. The number of hydrogen-bond donors (Lipinski definition) is 2. The molecule has 0 aliphatic rings. The topological polar surface area (TPSA) is 63.3 Å². The second-order valence-electron chi connectivity index (χ2n) is 3.96. The first kappa shape index (κ1) is 13.8. The van der Waals surface area contributed by atoms with Crippen molar-refractivity contribution in [1.82, 2.24) is 0 Å². The van der Waals surface area contributed by atoms with E-state index in [1.165, 1.54) is 0 Å².